The first-order valence-electron chi connectivity index (χ1n) is 24.2. The van der Waals surface area contributed by atoms with E-state index < -0.39 is 31.4 Å². The van der Waals surface area contributed by atoms with E-state index in [1.807, 2.05) is 134 Å². The van der Waals surface area contributed by atoms with Crippen molar-refractivity contribution in [1.82, 2.24) is 15.0 Å². The Bertz CT molecular complexity index is 2980. The molecule has 5 heteroatoms. The van der Waals surface area contributed by atoms with Gasteiger partial charge in [0.25, 0.3) is 0 Å². The molecule has 8 rings (SSSR count). The summed E-state index contributed by atoms with van der Waals surface area (Å²) in [6.07, 6.45) is 2.94. The maximum absolute atomic E-state index is 9.38. The van der Waals surface area contributed by atoms with Crippen molar-refractivity contribution in [1.29, 1.82) is 0 Å². The van der Waals surface area contributed by atoms with Crippen molar-refractivity contribution in [2.75, 3.05) is 0 Å². The predicted octanol–water partition coefficient (Wildman–Crippen LogP) is 15.0. The van der Waals surface area contributed by atoms with Gasteiger partial charge in [0.15, 0.2) is 0 Å². The molecule has 0 aliphatic heterocycles. The molecule has 0 amide bonds. The van der Waals surface area contributed by atoms with Crippen molar-refractivity contribution in [3.63, 3.8) is 0 Å². The number of rotatable bonds is 9. The molecule has 0 N–H and O–H groups in total. The molecule has 4 nitrogen and oxygen atoms in total. The molecule has 303 valence electrons. The molecule has 0 aliphatic rings. The summed E-state index contributed by atoms with van der Waals surface area (Å²) in [6, 6.07) is 40.2. The molecule has 4 heterocycles. The zero-order valence-electron chi connectivity index (χ0n) is 43.8. The minimum absolute atomic E-state index is 0. The Morgan fingerprint density at radius 2 is 1.31 bits per heavy atom. The number of nitrogens with zero attached hydrogens (tertiary/aromatic N) is 3. The SMILES string of the molecule is [2H]C([2H])([2H])c1cc(-c2[c-]ccc3c2oc2nc(-c4c(C([2H])(C)C)cc(-c5ccccc5)cc4C([2H])(C)C)ccc23)ncc1C([2H])(C(C)C)C(C)C.[2H]C([2H])([2H])c1ccc(-c2[c-]cccc2)nc1.[Ir]. The van der Waals surface area contributed by atoms with Gasteiger partial charge in [-0.3, -0.25) is 0 Å². The van der Waals surface area contributed by atoms with Gasteiger partial charge in [-0.2, -0.15) is 0 Å². The van der Waals surface area contributed by atoms with Gasteiger partial charge in [-0.05, 0) is 100 Å². The Labute approximate surface area is 377 Å². The maximum Gasteiger partial charge on any atom is 0.216 e. The zero-order valence-corrected chi connectivity index (χ0v) is 37.2. The van der Waals surface area contributed by atoms with E-state index in [4.69, 9.17) is 22.6 Å². The monoisotopic (exact) mass is 963 g/mol. The number of pyridine rings is 3. The van der Waals surface area contributed by atoms with Gasteiger partial charge in [0, 0.05) is 55.8 Å². The quantitative estimate of drug-likeness (QED) is 0.135. The van der Waals surface area contributed by atoms with E-state index in [1.54, 1.807) is 36.5 Å². The summed E-state index contributed by atoms with van der Waals surface area (Å²) < 4.78 is 81.2. The van der Waals surface area contributed by atoms with Crippen LogP contribution in [0, 0.1) is 37.7 Å². The van der Waals surface area contributed by atoms with E-state index in [1.165, 1.54) is 6.20 Å². The first-order chi connectivity index (χ1) is 31.3. The second-order valence-electron chi connectivity index (χ2n) is 15.6. The third kappa shape index (κ3) is 9.33. The van der Waals surface area contributed by atoms with Crippen LogP contribution in [0.4, 0.5) is 0 Å². The van der Waals surface area contributed by atoms with E-state index in [2.05, 4.69) is 17.1 Å². The normalized spacial score (nSPS) is 14.7. The second-order valence-corrected chi connectivity index (χ2v) is 15.6. The van der Waals surface area contributed by atoms with Crippen LogP contribution in [0.1, 0.15) is 113 Å². The van der Waals surface area contributed by atoms with Crippen molar-refractivity contribution in [2.24, 2.45) is 11.8 Å². The van der Waals surface area contributed by atoms with Crippen LogP contribution < -0.4 is 0 Å². The average Bonchev–Trinajstić information content (AvgIpc) is 3.66. The summed E-state index contributed by atoms with van der Waals surface area (Å²) in [4.78, 5) is 13.9. The fourth-order valence-corrected chi connectivity index (χ4v) is 7.67. The molecule has 0 fully saturated rings. The number of fused-ring (bicyclic) bond motifs is 3. The van der Waals surface area contributed by atoms with Gasteiger partial charge in [0.05, 0.1) is 11.3 Å². The van der Waals surface area contributed by atoms with Gasteiger partial charge in [0.2, 0.25) is 5.71 Å². The molecule has 0 unspecified atom stereocenters. The van der Waals surface area contributed by atoms with E-state index in [-0.39, 0.29) is 43.1 Å². The van der Waals surface area contributed by atoms with Crippen LogP contribution in [-0.4, -0.2) is 15.0 Å². The average molecular weight is 963 g/mol. The topological polar surface area (TPSA) is 51.8 Å². The molecular weight excluding hydrogens is 899 g/mol. The molecule has 4 aromatic heterocycles. The number of aryl methyl sites for hydroxylation is 2. The van der Waals surface area contributed by atoms with Gasteiger partial charge >= 0.3 is 0 Å². The molecule has 0 saturated heterocycles. The summed E-state index contributed by atoms with van der Waals surface area (Å²) >= 11 is 0. The van der Waals surface area contributed by atoms with Crippen molar-refractivity contribution in [3.05, 3.63) is 162 Å². The van der Waals surface area contributed by atoms with E-state index in [0.717, 1.165) is 49.8 Å². The maximum atomic E-state index is 9.38. The van der Waals surface area contributed by atoms with Crippen molar-refractivity contribution >= 4 is 22.1 Å². The number of benzene rings is 4. The van der Waals surface area contributed by atoms with Crippen LogP contribution in [0.25, 0.3) is 67.0 Å². The number of hydrogen-bond acceptors (Lipinski definition) is 4. The minimum Gasteiger partial charge on any atom is -0.486 e. The fraction of sp³-hybridized carbons (Fsp3) is 0.278. The molecule has 0 bridgehead atoms. The Kier molecular flexibility index (Phi) is 10.4. The van der Waals surface area contributed by atoms with Gasteiger partial charge < -0.3 is 14.4 Å². The Morgan fingerprint density at radius 3 is 1.92 bits per heavy atom. The first kappa shape index (κ1) is 32.6. The van der Waals surface area contributed by atoms with E-state index in [9.17, 15) is 4.11 Å². The molecule has 4 aromatic carbocycles. The van der Waals surface area contributed by atoms with Crippen LogP contribution in [0.15, 0.2) is 126 Å². The smallest absolute Gasteiger partial charge is 0.216 e. The van der Waals surface area contributed by atoms with Crippen LogP contribution in [-0.2, 0) is 20.1 Å². The van der Waals surface area contributed by atoms with Crippen LogP contribution in [0.5, 0.6) is 0 Å². The number of hydrogen-bond donors (Lipinski definition) is 0. The van der Waals surface area contributed by atoms with E-state index in [0.29, 0.717) is 33.8 Å². The summed E-state index contributed by atoms with van der Waals surface area (Å²) in [5.74, 6) is -3.45. The van der Waals surface area contributed by atoms with Gasteiger partial charge in [-0.15, -0.1) is 54.1 Å². The van der Waals surface area contributed by atoms with Crippen molar-refractivity contribution < 1.29 is 36.9 Å². The van der Waals surface area contributed by atoms with Crippen molar-refractivity contribution in [3.8, 4) is 44.9 Å². The fourth-order valence-electron chi connectivity index (χ4n) is 7.67. The number of furan rings is 1. The molecule has 8 aromatic rings. The molecule has 0 aliphatic carbocycles. The summed E-state index contributed by atoms with van der Waals surface area (Å²) in [5, 5.41) is 1.54. The molecule has 0 saturated carbocycles. The molecule has 0 spiro atoms. The second kappa shape index (κ2) is 18.8. The minimum atomic E-state index is -2.47. The Hall–Kier alpha value is -5.22. The Balaban J connectivity index is 0.000000378. The standard InChI is InChI=1S/C42H45N2O.C12H10N.Ir/c1-24(2)34-21-30(29-14-11-10-12-15-29)22-35(25(3)4)40(34)37-19-18-32-31-16-13-17-33(41(31)45-42(32)44-37)38-20-28(9)36(23-43-38)39(26(5)6)27(7)8;1-10-7-8-12(13-9-10)11-5-3-2-4-6-11;/h10-16,18-27,39H,1-9H3;2-5,7-9H,1H3;/q2*-1;/i9D3,24D,25D,39D;1D3;. The first-order valence-corrected chi connectivity index (χ1v) is 19.7. The molecule has 0 atom stereocenters. The van der Waals surface area contributed by atoms with Gasteiger partial charge in [-0.25, -0.2) is 4.98 Å². The predicted molar refractivity (Wildman–Crippen MR) is 243 cm³/mol. The molecule has 59 heavy (non-hydrogen) atoms. The third-order valence-electron chi connectivity index (χ3n) is 10.3. The molecule has 1 radical (unpaired) electrons. The third-order valence-corrected chi connectivity index (χ3v) is 10.3. The summed E-state index contributed by atoms with van der Waals surface area (Å²) in [6.45, 7) is 10.6. The zero-order chi connectivity index (χ0) is 48.9. The Morgan fingerprint density at radius 1 is 0.610 bits per heavy atom. The largest absolute Gasteiger partial charge is 0.486 e. The molecular formula is C54H55IrN3O-2. The van der Waals surface area contributed by atoms with Crippen LogP contribution in [0.3, 0.4) is 0 Å². The van der Waals surface area contributed by atoms with Crippen molar-refractivity contribution in [2.45, 2.75) is 86.8 Å². The summed E-state index contributed by atoms with van der Waals surface area (Å²) in [7, 11) is 0. The van der Waals surface area contributed by atoms with E-state index >= 15 is 0 Å². The van der Waals surface area contributed by atoms with Gasteiger partial charge in [0.1, 0.15) is 0 Å². The summed E-state index contributed by atoms with van der Waals surface area (Å²) in [5.41, 5.74) is 8.87. The number of aromatic nitrogens is 3. The van der Waals surface area contributed by atoms with Crippen LogP contribution in [0.2, 0.25) is 0 Å². The van der Waals surface area contributed by atoms with Crippen LogP contribution >= 0.6 is 0 Å². The van der Waals surface area contributed by atoms with Gasteiger partial charge in [-0.1, -0.05) is 133 Å².